The molecule has 1 aromatic heterocycles. The van der Waals surface area contributed by atoms with Crippen LogP contribution < -0.4 is 5.32 Å². The summed E-state index contributed by atoms with van der Waals surface area (Å²) >= 11 is 0. The first-order valence-corrected chi connectivity index (χ1v) is 6.30. The molecule has 3 N–H and O–H groups in total. The third kappa shape index (κ3) is 3.62. The maximum absolute atomic E-state index is 12.9. The van der Waals surface area contributed by atoms with Crippen LogP contribution in [0.3, 0.4) is 0 Å². The molecule has 0 radical (unpaired) electrons. The Kier molecular flexibility index (Phi) is 4.65. The number of aliphatic hydroxyl groups is 1. The lowest BCUT2D eigenvalue weighted by atomic mass is 10.1. The van der Waals surface area contributed by atoms with Gasteiger partial charge in [0.15, 0.2) is 0 Å². The predicted molar refractivity (Wildman–Crippen MR) is 71.9 cm³/mol. The third-order valence-corrected chi connectivity index (χ3v) is 2.97. The van der Waals surface area contributed by atoms with Crippen LogP contribution >= 0.6 is 0 Å². The molecule has 5 heteroatoms. The number of halogens is 1. The van der Waals surface area contributed by atoms with Crippen molar-refractivity contribution in [3.63, 3.8) is 0 Å². The zero-order valence-corrected chi connectivity index (χ0v) is 10.9. The molecule has 102 valence electrons. The van der Waals surface area contributed by atoms with Gasteiger partial charge < -0.3 is 10.4 Å². The number of nitrogens with zero attached hydrogens (tertiary/aromatic N) is 1. The number of aliphatic hydroxyl groups excluding tert-OH is 1. The molecule has 0 amide bonds. The second-order valence-corrected chi connectivity index (χ2v) is 4.70. The Morgan fingerprint density at radius 2 is 2.11 bits per heavy atom. The Balaban J connectivity index is 2.03. The van der Waals surface area contributed by atoms with Gasteiger partial charge in [-0.05, 0) is 30.2 Å². The lowest BCUT2D eigenvalue weighted by molar-refractivity contribution is 0.233. The standard InChI is InChI=1S/C14H18FN3O/c1-10(9-19)6-16-7-12-8-17-18-14(12)11-2-4-13(15)5-3-11/h2-5,8,10,16,19H,6-7,9H2,1H3,(H,17,18). The van der Waals surface area contributed by atoms with Crippen LogP contribution in [0.2, 0.25) is 0 Å². The lowest BCUT2D eigenvalue weighted by Gasteiger charge is -2.09. The molecule has 0 spiro atoms. The summed E-state index contributed by atoms with van der Waals surface area (Å²) < 4.78 is 12.9. The molecule has 2 rings (SSSR count). The molecule has 0 saturated heterocycles. The van der Waals surface area contributed by atoms with Crippen LogP contribution in [-0.2, 0) is 6.54 Å². The summed E-state index contributed by atoms with van der Waals surface area (Å²) in [6.45, 7) is 3.55. The Morgan fingerprint density at radius 1 is 1.37 bits per heavy atom. The minimum absolute atomic E-state index is 0.170. The molecule has 2 aromatic rings. The number of hydrogen-bond donors (Lipinski definition) is 3. The van der Waals surface area contributed by atoms with Gasteiger partial charge in [0.25, 0.3) is 0 Å². The summed E-state index contributed by atoms with van der Waals surface area (Å²) in [4.78, 5) is 0. The van der Waals surface area contributed by atoms with E-state index >= 15 is 0 Å². The van der Waals surface area contributed by atoms with Gasteiger partial charge in [0, 0.05) is 30.8 Å². The molecule has 0 saturated carbocycles. The second kappa shape index (κ2) is 6.45. The van der Waals surface area contributed by atoms with Crippen LogP contribution in [0.5, 0.6) is 0 Å². The zero-order valence-electron chi connectivity index (χ0n) is 10.9. The van der Waals surface area contributed by atoms with E-state index in [0.717, 1.165) is 23.4 Å². The van der Waals surface area contributed by atoms with Gasteiger partial charge in [-0.2, -0.15) is 5.10 Å². The van der Waals surface area contributed by atoms with Gasteiger partial charge in [-0.3, -0.25) is 5.10 Å². The first kappa shape index (κ1) is 13.7. The largest absolute Gasteiger partial charge is 0.396 e. The lowest BCUT2D eigenvalue weighted by Crippen LogP contribution is -2.22. The van der Waals surface area contributed by atoms with Gasteiger partial charge >= 0.3 is 0 Å². The van der Waals surface area contributed by atoms with E-state index in [2.05, 4.69) is 15.5 Å². The fourth-order valence-corrected chi connectivity index (χ4v) is 1.83. The summed E-state index contributed by atoms with van der Waals surface area (Å²) in [5.74, 6) is -0.0270. The van der Waals surface area contributed by atoms with Crippen molar-refractivity contribution in [2.45, 2.75) is 13.5 Å². The predicted octanol–water partition coefficient (Wildman–Crippen LogP) is 1.93. The molecule has 0 aliphatic rings. The van der Waals surface area contributed by atoms with E-state index in [1.54, 1.807) is 18.3 Å². The SMILES string of the molecule is CC(CO)CNCc1cn[nH]c1-c1ccc(F)cc1. The fourth-order valence-electron chi connectivity index (χ4n) is 1.83. The van der Waals surface area contributed by atoms with Crippen molar-refractivity contribution in [1.82, 2.24) is 15.5 Å². The van der Waals surface area contributed by atoms with Crippen LogP contribution in [-0.4, -0.2) is 28.5 Å². The smallest absolute Gasteiger partial charge is 0.123 e. The van der Waals surface area contributed by atoms with Crippen LogP contribution in [0, 0.1) is 11.7 Å². The Hall–Kier alpha value is -1.72. The fraction of sp³-hybridized carbons (Fsp3) is 0.357. The Bertz CT molecular complexity index is 510. The average Bonchev–Trinajstić information content (AvgIpc) is 2.88. The van der Waals surface area contributed by atoms with Gasteiger partial charge in [0.1, 0.15) is 5.82 Å². The molecule has 0 fully saturated rings. The van der Waals surface area contributed by atoms with Crippen molar-refractivity contribution < 1.29 is 9.50 Å². The first-order chi connectivity index (χ1) is 9.20. The van der Waals surface area contributed by atoms with Crippen LogP contribution in [0.25, 0.3) is 11.3 Å². The molecule has 4 nitrogen and oxygen atoms in total. The molecule has 19 heavy (non-hydrogen) atoms. The van der Waals surface area contributed by atoms with E-state index in [0.29, 0.717) is 6.54 Å². The van der Waals surface area contributed by atoms with Crippen molar-refractivity contribution in [3.8, 4) is 11.3 Å². The van der Waals surface area contributed by atoms with Gasteiger partial charge in [-0.25, -0.2) is 4.39 Å². The average molecular weight is 263 g/mol. The van der Waals surface area contributed by atoms with Crippen molar-refractivity contribution in [1.29, 1.82) is 0 Å². The van der Waals surface area contributed by atoms with Gasteiger partial charge in [-0.1, -0.05) is 6.92 Å². The molecule has 0 aliphatic heterocycles. The maximum atomic E-state index is 12.9. The van der Waals surface area contributed by atoms with E-state index in [4.69, 9.17) is 5.11 Å². The monoisotopic (exact) mass is 263 g/mol. The van der Waals surface area contributed by atoms with E-state index in [9.17, 15) is 4.39 Å². The molecule has 1 unspecified atom stereocenters. The zero-order chi connectivity index (χ0) is 13.7. The number of nitrogens with one attached hydrogen (secondary N) is 2. The highest BCUT2D eigenvalue weighted by Gasteiger charge is 2.08. The maximum Gasteiger partial charge on any atom is 0.123 e. The number of H-pyrrole nitrogens is 1. The molecule has 0 aliphatic carbocycles. The normalized spacial score (nSPS) is 12.6. The number of aromatic amines is 1. The summed E-state index contributed by atoms with van der Waals surface area (Å²) in [5, 5.41) is 19.2. The second-order valence-electron chi connectivity index (χ2n) is 4.70. The van der Waals surface area contributed by atoms with Crippen LogP contribution in [0.4, 0.5) is 4.39 Å². The van der Waals surface area contributed by atoms with Crippen LogP contribution in [0.1, 0.15) is 12.5 Å². The van der Waals surface area contributed by atoms with Gasteiger partial charge in [-0.15, -0.1) is 0 Å². The highest BCUT2D eigenvalue weighted by Crippen LogP contribution is 2.21. The van der Waals surface area contributed by atoms with Gasteiger partial charge in [0.2, 0.25) is 0 Å². The summed E-state index contributed by atoms with van der Waals surface area (Å²) in [6.07, 6.45) is 1.76. The minimum atomic E-state index is -0.250. The topological polar surface area (TPSA) is 60.9 Å². The number of rotatable bonds is 6. The molecule has 1 heterocycles. The summed E-state index contributed by atoms with van der Waals surface area (Å²) in [5.41, 5.74) is 2.83. The number of hydrogen-bond acceptors (Lipinski definition) is 3. The summed E-state index contributed by atoms with van der Waals surface area (Å²) in [6, 6.07) is 6.31. The molecular weight excluding hydrogens is 245 g/mol. The highest BCUT2D eigenvalue weighted by molar-refractivity contribution is 5.62. The summed E-state index contributed by atoms with van der Waals surface area (Å²) in [7, 11) is 0. The molecular formula is C14H18FN3O. The van der Waals surface area contributed by atoms with Crippen LogP contribution in [0.15, 0.2) is 30.5 Å². The highest BCUT2D eigenvalue weighted by atomic mass is 19.1. The Morgan fingerprint density at radius 3 is 2.79 bits per heavy atom. The van der Waals surface area contributed by atoms with E-state index in [1.165, 1.54) is 12.1 Å². The van der Waals surface area contributed by atoms with E-state index in [-0.39, 0.29) is 18.3 Å². The quantitative estimate of drug-likeness (QED) is 0.746. The first-order valence-electron chi connectivity index (χ1n) is 6.30. The molecule has 0 bridgehead atoms. The van der Waals surface area contributed by atoms with Crippen molar-refractivity contribution in [2.75, 3.05) is 13.2 Å². The number of benzene rings is 1. The molecule has 1 aromatic carbocycles. The van der Waals surface area contributed by atoms with Crippen molar-refractivity contribution in [3.05, 3.63) is 41.8 Å². The van der Waals surface area contributed by atoms with Crippen molar-refractivity contribution >= 4 is 0 Å². The van der Waals surface area contributed by atoms with Crippen molar-refractivity contribution in [2.24, 2.45) is 5.92 Å². The number of aromatic nitrogens is 2. The Labute approximate surface area is 111 Å². The van der Waals surface area contributed by atoms with E-state index in [1.807, 2.05) is 6.92 Å². The van der Waals surface area contributed by atoms with E-state index < -0.39 is 0 Å². The molecule has 1 atom stereocenters. The third-order valence-electron chi connectivity index (χ3n) is 2.97. The minimum Gasteiger partial charge on any atom is -0.396 e. The van der Waals surface area contributed by atoms with Gasteiger partial charge in [0.05, 0.1) is 11.9 Å².